The molecule has 0 spiro atoms. The summed E-state index contributed by atoms with van der Waals surface area (Å²) in [5.74, 6) is 0.857. The molecule has 2 amide bonds. The zero-order chi connectivity index (χ0) is 25.8. The minimum Gasteiger partial charge on any atom is -0.480 e. The number of carbonyl (C=O) groups is 2. The molecule has 2 aromatic heterocycles. The van der Waals surface area contributed by atoms with Crippen LogP contribution in [0.1, 0.15) is 45.0 Å². The average Bonchev–Trinajstić information content (AvgIpc) is 3.49. The lowest BCUT2D eigenvalue weighted by Crippen LogP contribution is -2.37. The number of nitrogens with zero attached hydrogens (tertiary/aromatic N) is 3. The van der Waals surface area contributed by atoms with Crippen LogP contribution in [-0.2, 0) is 0 Å². The van der Waals surface area contributed by atoms with Gasteiger partial charge in [-0.05, 0) is 54.7 Å². The van der Waals surface area contributed by atoms with Gasteiger partial charge in [-0.3, -0.25) is 9.59 Å². The molecule has 9 heteroatoms. The first-order chi connectivity index (χ1) is 18.0. The van der Waals surface area contributed by atoms with Crippen LogP contribution in [0.3, 0.4) is 0 Å². The summed E-state index contributed by atoms with van der Waals surface area (Å²) in [6.45, 7) is 1.35. The molecule has 1 saturated heterocycles. The van der Waals surface area contributed by atoms with Crippen molar-refractivity contribution < 1.29 is 18.7 Å². The van der Waals surface area contributed by atoms with Crippen molar-refractivity contribution in [3.8, 4) is 17.2 Å². The molecule has 0 radical (unpaired) electrons. The fourth-order valence-corrected chi connectivity index (χ4v) is 4.71. The van der Waals surface area contributed by atoms with Crippen LogP contribution in [0.2, 0.25) is 5.02 Å². The van der Waals surface area contributed by atoms with Crippen LogP contribution in [-0.4, -0.2) is 46.9 Å². The lowest BCUT2D eigenvalue weighted by molar-refractivity contribution is 0.0713. The van der Waals surface area contributed by atoms with E-state index < -0.39 is 0 Å². The van der Waals surface area contributed by atoms with Gasteiger partial charge < -0.3 is 19.4 Å². The van der Waals surface area contributed by atoms with Crippen molar-refractivity contribution in [2.24, 2.45) is 0 Å². The summed E-state index contributed by atoms with van der Waals surface area (Å²) in [5.41, 5.74) is 3.58. The van der Waals surface area contributed by atoms with E-state index >= 15 is 0 Å². The highest BCUT2D eigenvalue weighted by atomic mass is 35.5. The zero-order valence-corrected chi connectivity index (χ0v) is 20.9. The molecular weight excluding hydrogens is 492 g/mol. The van der Waals surface area contributed by atoms with Gasteiger partial charge >= 0.3 is 0 Å². The molecule has 1 N–H and O–H groups in total. The monoisotopic (exact) mass is 516 g/mol. The number of anilines is 1. The minimum absolute atomic E-state index is 0.0174. The van der Waals surface area contributed by atoms with Crippen molar-refractivity contribution in [3.05, 3.63) is 95.1 Å². The largest absolute Gasteiger partial charge is 0.480 e. The van der Waals surface area contributed by atoms with Gasteiger partial charge in [0.05, 0.1) is 18.3 Å². The molecule has 2 aromatic carbocycles. The van der Waals surface area contributed by atoms with Gasteiger partial charge in [0.2, 0.25) is 5.88 Å². The molecule has 37 heavy (non-hydrogen) atoms. The fourth-order valence-electron chi connectivity index (χ4n) is 4.55. The number of pyridine rings is 1. The van der Waals surface area contributed by atoms with E-state index in [-0.39, 0.29) is 23.3 Å². The maximum Gasteiger partial charge on any atom is 0.261 e. The second-order valence-electron chi connectivity index (χ2n) is 8.80. The van der Waals surface area contributed by atoms with E-state index in [4.69, 9.17) is 20.8 Å². The number of aromatic nitrogens is 2. The minimum atomic E-state index is -0.348. The molecule has 1 fully saturated rings. The predicted octanol–water partition coefficient (Wildman–Crippen LogP) is 5.67. The molecule has 0 atom stereocenters. The van der Waals surface area contributed by atoms with Crippen LogP contribution in [0.25, 0.3) is 11.3 Å². The Morgan fingerprint density at radius 3 is 2.57 bits per heavy atom. The van der Waals surface area contributed by atoms with Gasteiger partial charge in [-0.25, -0.2) is 9.97 Å². The third-order valence-corrected chi connectivity index (χ3v) is 6.71. The topological polar surface area (TPSA) is 97.6 Å². The average molecular weight is 517 g/mol. The first kappa shape index (κ1) is 24.5. The molecule has 188 valence electrons. The quantitative estimate of drug-likeness (QED) is 0.354. The Balaban J connectivity index is 1.19. The number of nitrogens with one attached hydrogen (secondary N) is 1. The van der Waals surface area contributed by atoms with Crippen LogP contribution < -0.4 is 10.1 Å². The van der Waals surface area contributed by atoms with Crippen molar-refractivity contribution >= 4 is 29.1 Å². The van der Waals surface area contributed by atoms with Crippen LogP contribution >= 0.6 is 11.6 Å². The second-order valence-corrected chi connectivity index (χ2v) is 9.24. The van der Waals surface area contributed by atoms with Gasteiger partial charge in [0, 0.05) is 36.1 Å². The number of amides is 2. The summed E-state index contributed by atoms with van der Waals surface area (Å²) in [7, 11) is 1.45. The molecule has 5 rings (SSSR count). The number of likely N-dealkylation sites (tertiary alicyclic amines) is 1. The van der Waals surface area contributed by atoms with E-state index in [0.717, 1.165) is 18.4 Å². The first-order valence-electron chi connectivity index (χ1n) is 11.9. The van der Waals surface area contributed by atoms with Gasteiger partial charge in [-0.2, -0.15) is 0 Å². The van der Waals surface area contributed by atoms with Gasteiger partial charge in [0.15, 0.2) is 12.2 Å². The third-order valence-electron chi connectivity index (χ3n) is 6.50. The van der Waals surface area contributed by atoms with Crippen LogP contribution in [0.4, 0.5) is 5.69 Å². The summed E-state index contributed by atoms with van der Waals surface area (Å²) in [6, 6.07) is 16.8. The summed E-state index contributed by atoms with van der Waals surface area (Å²) in [5, 5.41) is 3.22. The van der Waals surface area contributed by atoms with Gasteiger partial charge in [-0.15, -0.1) is 0 Å². The molecule has 1 aliphatic heterocycles. The van der Waals surface area contributed by atoms with Crippen molar-refractivity contribution in [1.29, 1.82) is 0 Å². The lowest BCUT2D eigenvalue weighted by Gasteiger charge is -2.32. The number of halogens is 1. The van der Waals surface area contributed by atoms with Crippen LogP contribution in [0.5, 0.6) is 5.88 Å². The number of ether oxygens (including phenoxy) is 1. The SMILES string of the molecule is COc1ncc(Cl)cc1C(=O)Nc1ccc(C2CCN(C(=O)c3cccc(-c4cnco4)c3)CC2)cc1. The highest BCUT2D eigenvalue weighted by molar-refractivity contribution is 6.31. The predicted molar refractivity (Wildman–Crippen MR) is 140 cm³/mol. The molecular formula is C28H25ClN4O4. The van der Waals surface area contributed by atoms with Crippen LogP contribution in [0, 0.1) is 0 Å². The van der Waals surface area contributed by atoms with Crippen molar-refractivity contribution in [1.82, 2.24) is 14.9 Å². The molecule has 0 saturated carbocycles. The molecule has 1 aliphatic rings. The van der Waals surface area contributed by atoms with E-state index in [9.17, 15) is 9.59 Å². The Kier molecular flexibility index (Phi) is 7.18. The maximum atomic E-state index is 13.1. The highest BCUT2D eigenvalue weighted by Crippen LogP contribution is 2.30. The van der Waals surface area contributed by atoms with E-state index in [1.165, 1.54) is 31.3 Å². The summed E-state index contributed by atoms with van der Waals surface area (Å²) in [6.07, 6.45) is 6.18. The van der Waals surface area contributed by atoms with Crippen LogP contribution in [0.15, 0.2) is 77.8 Å². The van der Waals surface area contributed by atoms with Gasteiger partial charge in [0.25, 0.3) is 11.8 Å². The first-order valence-corrected chi connectivity index (χ1v) is 12.3. The van der Waals surface area contributed by atoms with Gasteiger partial charge in [0.1, 0.15) is 5.56 Å². The van der Waals surface area contributed by atoms with E-state index in [1.54, 1.807) is 6.20 Å². The Morgan fingerprint density at radius 2 is 1.86 bits per heavy atom. The molecule has 0 aliphatic carbocycles. The normalized spacial score (nSPS) is 13.8. The maximum absolute atomic E-state index is 13.1. The number of carbonyl (C=O) groups excluding carboxylic acids is 2. The number of benzene rings is 2. The molecule has 0 bridgehead atoms. The highest BCUT2D eigenvalue weighted by Gasteiger charge is 2.25. The van der Waals surface area contributed by atoms with Crippen molar-refractivity contribution in [3.63, 3.8) is 0 Å². The number of hydrogen-bond donors (Lipinski definition) is 1. The van der Waals surface area contributed by atoms with E-state index in [2.05, 4.69) is 15.3 Å². The smallest absolute Gasteiger partial charge is 0.261 e. The fraction of sp³-hybridized carbons (Fsp3) is 0.214. The standard InChI is InChI=1S/C28H25ClN4O4/c1-36-27-24(14-22(29)15-31-27)26(34)32-23-7-5-18(6-8-23)19-9-11-33(12-10-19)28(35)21-4-2-3-20(13-21)25-16-30-17-37-25/h2-8,13-17,19H,9-12H2,1H3,(H,32,34). The zero-order valence-electron chi connectivity index (χ0n) is 20.2. The number of rotatable bonds is 6. The number of piperidine rings is 1. The van der Waals surface area contributed by atoms with Crippen molar-refractivity contribution in [2.75, 3.05) is 25.5 Å². The summed E-state index contributed by atoms with van der Waals surface area (Å²) >= 11 is 5.99. The third kappa shape index (κ3) is 5.49. The van der Waals surface area contributed by atoms with E-state index in [1.807, 2.05) is 53.4 Å². The number of oxazole rings is 1. The molecule has 3 heterocycles. The Labute approximate surface area is 219 Å². The Morgan fingerprint density at radius 1 is 1.08 bits per heavy atom. The summed E-state index contributed by atoms with van der Waals surface area (Å²) in [4.78, 5) is 35.7. The van der Waals surface area contributed by atoms with E-state index in [0.29, 0.717) is 41.0 Å². The number of methoxy groups -OCH3 is 1. The molecule has 0 unspecified atom stereocenters. The summed E-state index contributed by atoms with van der Waals surface area (Å²) < 4.78 is 10.5. The van der Waals surface area contributed by atoms with Gasteiger partial charge in [-0.1, -0.05) is 35.9 Å². The van der Waals surface area contributed by atoms with Crippen molar-refractivity contribution in [2.45, 2.75) is 18.8 Å². The molecule has 8 nitrogen and oxygen atoms in total. The second kappa shape index (κ2) is 10.8. The Hall–Kier alpha value is -4.17. The number of hydrogen-bond acceptors (Lipinski definition) is 6. The Bertz CT molecular complexity index is 1400. The molecule has 4 aromatic rings. The lowest BCUT2D eigenvalue weighted by atomic mass is 9.89.